The highest BCUT2D eigenvalue weighted by molar-refractivity contribution is 6.30. The minimum absolute atomic E-state index is 0.0797. The molecule has 0 fully saturated rings. The Labute approximate surface area is 128 Å². The zero-order valence-electron chi connectivity index (χ0n) is 12.1. The van der Waals surface area contributed by atoms with Crippen LogP contribution in [0.25, 0.3) is 0 Å². The average molecular weight is 310 g/mol. The molecule has 2 aromatic carbocycles. The number of benzene rings is 2. The number of hydrogen-bond acceptors (Lipinski definition) is 1. The SMILES string of the molecule is CCCC(Nc1cc(F)c(C)cc1F)c1ccc(Cl)cc1. The maximum Gasteiger partial charge on any atom is 0.146 e. The fraction of sp³-hybridized carbons (Fsp3) is 0.294. The van der Waals surface area contributed by atoms with Gasteiger partial charge in [0.1, 0.15) is 11.6 Å². The lowest BCUT2D eigenvalue weighted by molar-refractivity contribution is 0.588. The molecule has 0 saturated heterocycles. The van der Waals surface area contributed by atoms with E-state index >= 15 is 0 Å². The van der Waals surface area contributed by atoms with Crippen LogP contribution < -0.4 is 5.32 Å². The quantitative estimate of drug-likeness (QED) is 0.727. The van der Waals surface area contributed by atoms with Gasteiger partial charge in [0.25, 0.3) is 0 Å². The van der Waals surface area contributed by atoms with E-state index in [0.29, 0.717) is 10.6 Å². The van der Waals surface area contributed by atoms with Crippen LogP contribution in [0.1, 0.15) is 36.9 Å². The molecule has 0 aliphatic rings. The molecule has 0 spiro atoms. The summed E-state index contributed by atoms with van der Waals surface area (Å²) in [6, 6.07) is 9.74. The molecule has 0 radical (unpaired) electrons. The third-order valence-corrected chi connectivity index (χ3v) is 3.68. The lowest BCUT2D eigenvalue weighted by Gasteiger charge is -2.21. The monoisotopic (exact) mass is 309 g/mol. The smallest absolute Gasteiger partial charge is 0.146 e. The van der Waals surface area contributed by atoms with Crippen LogP contribution in [0.15, 0.2) is 36.4 Å². The summed E-state index contributed by atoms with van der Waals surface area (Å²) < 4.78 is 27.6. The van der Waals surface area contributed by atoms with Gasteiger partial charge in [-0.25, -0.2) is 8.78 Å². The van der Waals surface area contributed by atoms with E-state index in [-0.39, 0.29) is 11.7 Å². The van der Waals surface area contributed by atoms with E-state index in [0.717, 1.165) is 18.4 Å². The Bertz CT molecular complexity index is 611. The minimum atomic E-state index is -0.441. The van der Waals surface area contributed by atoms with E-state index in [1.165, 1.54) is 12.1 Å². The Morgan fingerprint density at radius 2 is 1.76 bits per heavy atom. The molecule has 0 amide bonds. The Kier molecular flexibility index (Phi) is 5.18. The van der Waals surface area contributed by atoms with Gasteiger partial charge in [0.2, 0.25) is 0 Å². The fourth-order valence-corrected chi connectivity index (χ4v) is 2.38. The van der Waals surface area contributed by atoms with Crippen LogP contribution in [-0.2, 0) is 0 Å². The molecular formula is C17H18ClF2N. The average Bonchev–Trinajstić information content (AvgIpc) is 2.45. The van der Waals surface area contributed by atoms with Gasteiger partial charge in [-0.1, -0.05) is 37.1 Å². The Balaban J connectivity index is 2.28. The fourth-order valence-electron chi connectivity index (χ4n) is 2.25. The van der Waals surface area contributed by atoms with Crippen molar-refractivity contribution in [3.05, 3.63) is 64.2 Å². The van der Waals surface area contributed by atoms with Crippen LogP contribution in [0.2, 0.25) is 5.02 Å². The summed E-state index contributed by atoms with van der Waals surface area (Å²) >= 11 is 5.89. The molecule has 2 aromatic rings. The van der Waals surface area contributed by atoms with Crippen molar-refractivity contribution in [3.8, 4) is 0 Å². The molecule has 1 unspecified atom stereocenters. The van der Waals surface area contributed by atoms with Crippen molar-refractivity contribution in [1.82, 2.24) is 0 Å². The third-order valence-electron chi connectivity index (χ3n) is 3.43. The zero-order valence-corrected chi connectivity index (χ0v) is 12.8. The molecular weight excluding hydrogens is 292 g/mol. The highest BCUT2D eigenvalue weighted by Crippen LogP contribution is 2.28. The number of hydrogen-bond donors (Lipinski definition) is 1. The predicted molar refractivity (Wildman–Crippen MR) is 83.8 cm³/mol. The molecule has 0 saturated carbocycles. The molecule has 4 heteroatoms. The van der Waals surface area contributed by atoms with Gasteiger partial charge in [0.05, 0.1) is 11.7 Å². The van der Waals surface area contributed by atoms with Crippen molar-refractivity contribution in [3.63, 3.8) is 0 Å². The number of nitrogens with one attached hydrogen (secondary N) is 1. The first-order valence-electron chi connectivity index (χ1n) is 6.99. The first kappa shape index (κ1) is 15.8. The lowest BCUT2D eigenvalue weighted by atomic mass is 10.0. The van der Waals surface area contributed by atoms with Crippen LogP contribution in [0.5, 0.6) is 0 Å². The molecule has 21 heavy (non-hydrogen) atoms. The molecule has 1 nitrogen and oxygen atoms in total. The summed E-state index contributed by atoms with van der Waals surface area (Å²) in [5.74, 6) is -0.853. The number of rotatable bonds is 5. The van der Waals surface area contributed by atoms with Gasteiger partial charge in [0, 0.05) is 11.1 Å². The van der Waals surface area contributed by atoms with Crippen molar-refractivity contribution < 1.29 is 8.78 Å². The topological polar surface area (TPSA) is 12.0 Å². The van der Waals surface area contributed by atoms with E-state index in [2.05, 4.69) is 12.2 Å². The normalized spacial score (nSPS) is 12.2. The van der Waals surface area contributed by atoms with Crippen LogP contribution in [0, 0.1) is 18.6 Å². The van der Waals surface area contributed by atoms with Crippen molar-refractivity contribution in [2.75, 3.05) is 5.32 Å². The van der Waals surface area contributed by atoms with Crippen LogP contribution in [0.3, 0.4) is 0 Å². The Morgan fingerprint density at radius 1 is 1.10 bits per heavy atom. The summed E-state index contributed by atoms with van der Waals surface area (Å²) in [7, 11) is 0. The maximum absolute atomic E-state index is 14.0. The summed E-state index contributed by atoms with van der Waals surface area (Å²) in [6.07, 6.45) is 1.74. The molecule has 0 aromatic heterocycles. The van der Waals surface area contributed by atoms with E-state index in [1.807, 2.05) is 12.1 Å². The van der Waals surface area contributed by atoms with Crippen molar-refractivity contribution in [2.24, 2.45) is 0 Å². The van der Waals surface area contributed by atoms with Gasteiger partial charge in [-0.05, 0) is 42.7 Å². The number of halogens is 3. The number of aryl methyl sites for hydroxylation is 1. The van der Waals surface area contributed by atoms with Crippen LogP contribution >= 0.6 is 11.6 Å². The van der Waals surface area contributed by atoms with E-state index in [1.54, 1.807) is 19.1 Å². The zero-order chi connectivity index (χ0) is 15.4. The third kappa shape index (κ3) is 3.94. The lowest BCUT2D eigenvalue weighted by Crippen LogP contribution is -2.12. The van der Waals surface area contributed by atoms with E-state index in [9.17, 15) is 8.78 Å². The second kappa shape index (κ2) is 6.90. The van der Waals surface area contributed by atoms with Gasteiger partial charge in [-0.2, -0.15) is 0 Å². The van der Waals surface area contributed by atoms with Crippen LogP contribution in [0.4, 0.5) is 14.5 Å². The van der Waals surface area contributed by atoms with Crippen molar-refractivity contribution in [1.29, 1.82) is 0 Å². The first-order valence-corrected chi connectivity index (χ1v) is 7.36. The largest absolute Gasteiger partial charge is 0.376 e. The highest BCUT2D eigenvalue weighted by atomic mass is 35.5. The standard InChI is InChI=1S/C17H18ClF2N/c1-3-4-16(12-5-7-13(18)8-6-12)21-17-10-14(19)11(2)9-15(17)20/h5-10,16,21H,3-4H2,1-2H3. The molecule has 112 valence electrons. The van der Waals surface area contributed by atoms with Gasteiger partial charge < -0.3 is 5.32 Å². The predicted octanol–water partition coefficient (Wildman–Crippen LogP) is 5.88. The second-order valence-corrected chi connectivity index (χ2v) is 5.55. The molecule has 1 atom stereocenters. The molecule has 0 aliphatic carbocycles. The Hall–Kier alpha value is -1.61. The summed E-state index contributed by atoms with van der Waals surface area (Å²) in [5, 5.41) is 3.75. The van der Waals surface area contributed by atoms with Crippen molar-refractivity contribution >= 4 is 17.3 Å². The maximum atomic E-state index is 14.0. The molecule has 0 bridgehead atoms. The summed E-state index contributed by atoms with van der Waals surface area (Å²) in [4.78, 5) is 0. The molecule has 2 rings (SSSR count). The van der Waals surface area contributed by atoms with Gasteiger partial charge in [-0.3, -0.25) is 0 Å². The van der Waals surface area contributed by atoms with Gasteiger partial charge in [-0.15, -0.1) is 0 Å². The minimum Gasteiger partial charge on any atom is -0.376 e. The van der Waals surface area contributed by atoms with E-state index < -0.39 is 11.6 Å². The number of anilines is 1. The summed E-state index contributed by atoms with van der Waals surface area (Å²) in [6.45, 7) is 3.60. The molecule has 0 aliphatic heterocycles. The van der Waals surface area contributed by atoms with Gasteiger partial charge >= 0.3 is 0 Å². The van der Waals surface area contributed by atoms with Crippen LogP contribution in [-0.4, -0.2) is 0 Å². The Morgan fingerprint density at radius 3 is 2.38 bits per heavy atom. The summed E-state index contributed by atoms with van der Waals surface area (Å²) in [5.41, 5.74) is 1.49. The molecule has 0 heterocycles. The first-order chi connectivity index (χ1) is 10.0. The van der Waals surface area contributed by atoms with E-state index in [4.69, 9.17) is 11.6 Å². The molecule has 1 N–H and O–H groups in total. The van der Waals surface area contributed by atoms with Crippen molar-refractivity contribution in [2.45, 2.75) is 32.7 Å². The second-order valence-electron chi connectivity index (χ2n) is 5.12. The van der Waals surface area contributed by atoms with Gasteiger partial charge in [0.15, 0.2) is 0 Å². The highest BCUT2D eigenvalue weighted by Gasteiger charge is 2.14.